The van der Waals surface area contributed by atoms with E-state index < -0.39 is 0 Å². The Kier molecular flexibility index (Phi) is 5.07. The van der Waals surface area contributed by atoms with E-state index in [2.05, 4.69) is 0 Å². The van der Waals surface area contributed by atoms with Crippen LogP contribution >= 0.6 is 0 Å². The number of hydrogen-bond donors (Lipinski definition) is 1. The molecule has 1 aromatic heterocycles. The predicted molar refractivity (Wildman–Crippen MR) is 102 cm³/mol. The largest absolute Gasteiger partial charge is 0.508 e. The van der Waals surface area contributed by atoms with E-state index in [0.717, 1.165) is 11.1 Å². The normalized spacial score (nSPS) is 10.5. The number of aromatic nitrogens is 1. The molecule has 0 atom stereocenters. The van der Waals surface area contributed by atoms with Crippen molar-refractivity contribution < 1.29 is 24.1 Å². The second-order valence-electron chi connectivity index (χ2n) is 6.02. The maximum Gasteiger partial charge on any atom is 0.209 e. The number of nitrogens with zero attached hydrogens (tertiary/aromatic N) is 1. The van der Waals surface area contributed by atoms with Gasteiger partial charge in [0.1, 0.15) is 5.75 Å². The fraction of sp³-hybridized carbons (Fsp3) is 0.190. The lowest BCUT2D eigenvalue weighted by Gasteiger charge is -2.13. The van der Waals surface area contributed by atoms with Crippen molar-refractivity contribution in [2.45, 2.75) is 0 Å². The standard InChI is InChI=1S/C21H21NO5/c1-22-12-15(13-6-5-7-16(23)8-13)9-17(22)20(24)14-10-18(25-2)21(27-4)19(11-14)26-3/h5-12,23H,1-4H3. The minimum atomic E-state index is -0.178. The van der Waals surface area contributed by atoms with Crippen molar-refractivity contribution in [1.82, 2.24) is 4.57 Å². The molecule has 0 spiro atoms. The van der Waals surface area contributed by atoms with Gasteiger partial charge in [0.25, 0.3) is 0 Å². The highest BCUT2D eigenvalue weighted by Gasteiger charge is 2.20. The van der Waals surface area contributed by atoms with Crippen molar-refractivity contribution in [2.24, 2.45) is 7.05 Å². The molecule has 0 aliphatic heterocycles. The predicted octanol–water partition coefficient (Wildman–Crippen LogP) is 3.65. The highest BCUT2D eigenvalue weighted by atomic mass is 16.5. The van der Waals surface area contributed by atoms with Crippen LogP contribution < -0.4 is 14.2 Å². The van der Waals surface area contributed by atoms with Crippen LogP contribution in [0.5, 0.6) is 23.0 Å². The third-order valence-electron chi connectivity index (χ3n) is 4.34. The first-order chi connectivity index (χ1) is 13.0. The number of aryl methyl sites for hydroxylation is 1. The summed E-state index contributed by atoms with van der Waals surface area (Å²) in [6.07, 6.45) is 1.85. The maximum absolute atomic E-state index is 13.1. The number of carbonyl (C=O) groups is 1. The van der Waals surface area contributed by atoms with Crippen LogP contribution in [0.3, 0.4) is 0 Å². The summed E-state index contributed by atoms with van der Waals surface area (Å²) in [5.41, 5.74) is 2.59. The quantitative estimate of drug-likeness (QED) is 0.674. The molecule has 0 unspecified atom stereocenters. The number of hydrogen-bond acceptors (Lipinski definition) is 5. The highest BCUT2D eigenvalue weighted by Crippen LogP contribution is 2.39. The minimum Gasteiger partial charge on any atom is -0.508 e. The molecule has 1 heterocycles. The molecule has 0 amide bonds. The molecule has 0 fully saturated rings. The Balaban J connectivity index is 2.04. The van der Waals surface area contributed by atoms with Gasteiger partial charge in [-0.1, -0.05) is 12.1 Å². The molecule has 3 aromatic rings. The zero-order valence-electron chi connectivity index (χ0n) is 15.6. The third kappa shape index (κ3) is 3.46. The van der Waals surface area contributed by atoms with Gasteiger partial charge in [0.15, 0.2) is 11.5 Å². The van der Waals surface area contributed by atoms with E-state index >= 15 is 0 Å². The number of benzene rings is 2. The number of ketones is 1. The molecule has 27 heavy (non-hydrogen) atoms. The van der Waals surface area contributed by atoms with Gasteiger partial charge in [0, 0.05) is 24.4 Å². The van der Waals surface area contributed by atoms with E-state index in [1.165, 1.54) is 21.3 Å². The number of methoxy groups -OCH3 is 3. The van der Waals surface area contributed by atoms with Crippen LogP contribution in [0.2, 0.25) is 0 Å². The molecule has 1 N–H and O–H groups in total. The van der Waals surface area contributed by atoms with Crippen LogP contribution in [0, 0.1) is 0 Å². The van der Waals surface area contributed by atoms with E-state index in [-0.39, 0.29) is 11.5 Å². The first-order valence-corrected chi connectivity index (χ1v) is 8.29. The summed E-state index contributed by atoms with van der Waals surface area (Å²) in [5, 5.41) is 9.69. The van der Waals surface area contributed by atoms with Crippen molar-refractivity contribution >= 4 is 5.78 Å². The molecule has 0 saturated carbocycles. The van der Waals surface area contributed by atoms with Crippen LogP contribution in [0.4, 0.5) is 0 Å². The lowest BCUT2D eigenvalue weighted by atomic mass is 10.0. The molecule has 0 saturated heterocycles. The van der Waals surface area contributed by atoms with E-state index in [9.17, 15) is 9.90 Å². The van der Waals surface area contributed by atoms with Gasteiger partial charge in [0.05, 0.1) is 27.0 Å². The Morgan fingerprint density at radius 1 is 0.926 bits per heavy atom. The molecule has 6 heteroatoms. The van der Waals surface area contributed by atoms with Crippen molar-refractivity contribution in [2.75, 3.05) is 21.3 Å². The van der Waals surface area contributed by atoms with Crippen LogP contribution in [0.15, 0.2) is 48.7 Å². The lowest BCUT2D eigenvalue weighted by Crippen LogP contribution is -2.08. The Hall–Kier alpha value is -3.41. The minimum absolute atomic E-state index is 0.175. The monoisotopic (exact) mass is 367 g/mol. The van der Waals surface area contributed by atoms with Crippen molar-refractivity contribution in [3.05, 3.63) is 59.9 Å². The molecule has 0 bridgehead atoms. The molecule has 0 aliphatic rings. The molecular weight excluding hydrogens is 346 g/mol. The number of carbonyl (C=O) groups excluding carboxylic acids is 1. The fourth-order valence-corrected chi connectivity index (χ4v) is 2.99. The Bertz CT molecular complexity index is 965. The third-order valence-corrected chi connectivity index (χ3v) is 4.34. The summed E-state index contributed by atoms with van der Waals surface area (Å²) in [7, 11) is 6.33. The van der Waals surface area contributed by atoms with Crippen LogP contribution in [-0.2, 0) is 7.05 Å². The summed E-state index contributed by atoms with van der Waals surface area (Å²) in [6.45, 7) is 0. The number of phenolic OH excluding ortho intramolecular Hbond substituents is 1. The van der Waals surface area contributed by atoms with Gasteiger partial charge in [-0.15, -0.1) is 0 Å². The van der Waals surface area contributed by atoms with Gasteiger partial charge in [0.2, 0.25) is 11.5 Å². The first kappa shape index (κ1) is 18.4. The molecule has 0 aliphatic carbocycles. The second-order valence-corrected chi connectivity index (χ2v) is 6.02. The second kappa shape index (κ2) is 7.45. The summed E-state index contributed by atoms with van der Waals surface area (Å²) in [5.74, 6) is 1.27. The first-order valence-electron chi connectivity index (χ1n) is 8.29. The van der Waals surface area contributed by atoms with Gasteiger partial charge < -0.3 is 23.9 Å². The van der Waals surface area contributed by atoms with Gasteiger partial charge in [-0.3, -0.25) is 4.79 Å². The van der Waals surface area contributed by atoms with Gasteiger partial charge in [-0.05, 0) is 35.9 Å². The molecule has 0 radical (unpaired) electrons. The summed E-state index contributed by atoms with van der Waals surface area (Å²) >= 11 is 0. The van der Waals surface area contributed by atoms with Gasteiger partial charge >= 0.3 is 0 Å². The number of phenols is 1. The smallest absolute Gasteiger partial charge is 0.209 e. The molecule has 3 rings (SSSR count). The Labute approximate surface area is 157 Å². The summed E-state index contributed by atoms with van der Waals surface area (Å²) in [4.78, 5) is 13.1. The maximum atomic E-state index is 13.1. The highest BCUT2D eigenvalue weighted by molar-refractivity contribution is 6.09. The van der Waals surface area contributed by atoms with Crippen molar-refractivity contribution in [1.29, 1.82) is 0 Å². The Morgan fingerprint density at radius 3 is 2.15 bits per heavy atom. The number of ether oxygens (including phenoxy) is 3. The van der Waals surface area contributed by atoms with Gasteiger partial charge in [-0.2, -0.15) is 0 Å². The number of aromatic hydroxyl groups is 1. The lowest BCUT2D eigenvalue weighted by molar-refractivity contribution is 0.103. The molecule has 140 valence electrons. The van der Waals surface area contributed by atoms with Crippen molar-refractivity contribution in [3.8, 4) is 34.1 Å². The SMILES string of the molecule is COc1cc(C(=O)c2cc(-c3cccc(O)c3)cn2C)cc(OC)c1OC. The molecular formula is C21H21NO5. The average molecular weight is 367 g/mol. The summed E-state index contributed by atoms with van der Waals surface area (Å²) < 4.78 is 17.7. The fourth-order valence-electron chi connectivity index (χ4n) is 2.99. The van der Waals surface area contributed by atoms with Crippen molar-refractivity contribution in [3.63, 3.8) is 0 Å². The van der Waals surface area contributed by atoms with E-state index in [4.69, 9.17) is 14.2 Å². The summed E-state index contributed by atoms with van der Waals surface area (Å²) in [6, 6.07) is 12.0. The van der Waals surface area contributed by atoms with Crippen LogP contribution in [0.25, 0.3) is 11.1 Å². The van der Waals surface area contributed by atoms with E-state index in [1.54, 1.807) is 48.0 Å². The zero-order valence-corrected chi connectivity index (χ0v) is 15.6. The van der Waals surface area contributed by atoms with Crippen LogP contribution in [-0.4, -0.2) is 36.8 Å². The molecule has 6 nitrogen and oxygen atoms in total. The number of rotatable bonds is 6. The topological polar surface area (TPSA) is 69.9 Å². The van der Waals surface area contributed by atoms with E-state index in [1.807, 2.05) is 12.3 Å². The average Bonchev–Trinajstić information content (AvgIpc) is 3.07. The van der Waals surface area contributed by atoms with Crippen LogP contribution in [0.1, 0.15) is 16.1 Å². The molecule has 2 aromatic carbocycles. The zero-order chi connectivity index (χ0) is 19.6. The Morgan fingerprint density at radius 2 is 1.59 bits per heavy atom. The van der Waals surface area contributed by atoms with Gasteiger partial charge in [-0.25, -0.2) is 0 Å². The van der Waals surface area contributed by atoms with E-state index in [0.29, 0.717) is 28.5 Å².